The van der Waals surface area contributed by atoms with E-state index in [1.54, 1.807) is 0 Å². The molecule has 2 aromatic heterocycles. The number of hydrogen-bond donors (Lipinski definition) is 1. The molecule has 0 bridgehead atoms. The molecule has 1 amide bonds. The first-order valence-electron chi connectivity index (χ1n) is 8.91. The van der Waals surface area contributed by atoms with Gasteiger partial charge in [0.2, 0.25) is 5.95 Å². The number of amides is 1. The summed E-state index contributed by atoms with van der Waals surface area (Å²) in [7, 11) is 3.96. The summed E-state index contributed by atoms with van der Waals surface area (Å²) in [5.74, 6) is 1.42. The zero-order valence-corrected chi connectivity index (χ0v) is 16.9. The summed E-state index contributed by atoms with van der Waals surface area (Å²) in [6.45, 7) is 7.09. The topological polar surface area (TPSA) is 50.2 Å². The highest BCUT2D eigenvalue weighted by Gasteiger charge is 2.19. The second-order valence-corrected chi connectivity index (χ2v) is 8.25. The number of carbonyl (C=O) groups is 1. The van der Waals surface area contributed by atoms with Crippen LogP contribution in [0.25, 0.3) is 16.0 Å². The molecule has 0 aliphatic heterocycles. The van der Waals surface area contributed by atoms with Crippen molar-refractivity contribution in [3.63, 3.8) is 0 Å². The number of thiophene rings is 1. The highest BCUT2D eigenvalue weighted by Crippen LogP contribution is 2.32. The number of imidazole rings is 1. The van der Waals surface area contributed by atoms with Gasteiger partial charge in [-0.1, -0.05) is 31.5 Å². The Morgan fingerprint density at radius 2 is 1.96 bits per heavy atom. The smallest absolute Gasteiger partial charge is 0.261 e. The summed E-state index contributed by atoms with van der Waals surface area (Å²) in [6, 6.07) is 10.3. The summed E-state index contributed by atoms with van der Waals surface area (Å²) < 4.78 is 2.12. The van der Waals surface area contributed by atoms with Crippen LogP contribution < -0.4 is 10.2 Å². The largest absolute Gasteiger partial charge is 0.351 e. The number of benzene rings is 1. The molecule has 0 aliphatic rings. The number of anilines is 1. The molecule has 3 aromatic rings. The molecule has 0 fully saturated rings. The number of aromatic nitrogens is 2. The maximum Gasteiger partial charge on any atom is 0.261 e. The third-order valence-electron chi connectivity index (χ3n) is 4.24. The van der Waals surface area contributed by atoms with Gasteiger partial charge in [0, 0.05) is 26.3 Å². The first-order chi connectivity index (χ1) is 12.4. The lowest BCUT2D eigenvalue weighted by Crippen LogP contribution is -2.24. The summed E-state index contributed by atoms with van der Waals surface area (Å²) >= 11 is 1.49. The Kier molecular flexibility index (Phi) is 5.32. The Hall–Kier alpha value is -2.34. The molecule has 138 valence electrons. The number of nitrogens with one attached hydrogen (secondary N) is 1. The molecule has 1 aromatic carbocycles. The van der Waals surface area contributed by atoms with E-state index in [0.29, 0.717) is 17.3 Å². The molecule has 0 radical (unpaired) electrons. The van der Waals surface area contributed by atoms with E-state index in [1.807, 2.05) is 25.1 Å². The Bertz CT molecular complexity index is 906. The molecule has 6 heteroatoms. The standard InChI is InChI=1S/C20H26N4OS/c1-13(2)10-11-21-18(25)17-12-16-19(26-17)24(20(22-16)23(4)5)15-8-6-14(3)7-9-15/h6-9,12-13H,10-11H2,1-5H3,(H,21,25). The molecule has 0 atom stereocenters. The van der Waals surface area contributed by atoms with Gasteiger partial charge in [0.05, 0.1) is 4.88 Å². The van der Waals surface area contributed by atoms with Crippen molar-refractivity contribution in [1.82, 2.24) is 14.9 Å². The fourth-order valence-corrected chi connectivity index (χ4v) is 3.79. The van der Waals surface area contributed by atoms with Crippen LogP contribution in [0.4, 0.5) is 5.95 Å². The SMILES string of the molecule is Cc1ccc(-n2c(N(C)C)nc3cc(C(=O)NCCC(C)C)sc32)cc1. The molecule has 1 N–H and O–H groups in total. The van der Waals surface area contributed by atoms with Crippen LogP contribution in [0, 0.1) is 12.8 Å². The van der Waals surface area contributed by atoms with Crippen molar-refractivity contribution in [3.05, 3.63) is 40.8 Å². The van der Waals surface area contributed by atoms with E-state index in [9.17, 15) is 4.79 Å². The number of carbonyl (C=O) groups excluding carboxylic acids is 1. The van der Waals surface area contributed by atoms with Gasteiger partial charge in [-0.3, -0.25) is 9.36 Å². The Balaban J connectivity index is 1.97. The highest BCUT2D eigenvalue weighted by molar-refractivity contribution is 7.20. The van der Waals surface area contributed by atoms with Gasteiger partial charge in [-0.2, -0.15) is 0 Å². The second-order valence-electron chi connectivity index (χ2n) is 7.22. The molecular weight excluding hydrogens is 344 g/mol. The third kappa shape index (κ3) is 3.75. The first kappa shape index (κ1) is 18.5. The van der Waals surface area contributed by atoms with E-state index in [2.05, 4.69) is 54.9 Å². The van der Waals surface area contributed by atoms with Gasteiger partial charge >= 0.3 is 0 Å². The molecule has 0 aliphatic carbocycles. The quantitative estimate of drug-likeness (QED) is 0.706. The number of aryl methyl sites for hydroxylation is 1. The predicted octanol–water partition coefficient (Wildman–Crippen LogP) is 4.24. The average molecular weight is 371 g/mol. The van der Waals surface area contributed by atoms with Crippen LogP contribution in [0.3, 0.4) is 0 Å². The van der Waals surface area contributed by atoms with Crippen molar-refractivity contribution >= 4 is 33.5 Å². The molecular formula is C20H26N4OS. The Labute approximate surface area is 158 Å². The van der Waals surface area contributed by atoms with E-state index < -0.39 is 0 Å². The predicted molar refractivity (Wildman–Crippen MR) is 110 cm³/mol. The minimum Gasteiger partial charge on any atom is -0.351 e. The molecule has 0 saturated carbocycles. The van der Waals surface area contributed by atoms with Crippen LogP contribution in [0.1, 0.15) is 35.5 Å². The second kappa shape index (κ2) is 7.50. The van der Waals surface area contributed by atoms with Gasteiger partial charge in [0.25, 0.3) is 5.91 Å². The minimum absolute atomic E-state index is 0.0180. The number of fused-ring (bicyclic) bond motifs is 1. The first-order valence-corrected chi connectivity index (χ1v) is 9.73. The van der Waals surface area contributed by atoms with Crippen LogP contribution >= 0.6 is 11.3 Å². The van der Waals surface area contributed by atoms with E-state index in [1.165, 1.54) is 16.9 Å². The van der Waals surface area contributed by atoms with E-state index in [4.69, 9.17) is 4.98 Å². The Morgan fingerprint density at radius 3 is 2.58 bits per heavy atom. The maximum atomic E-state index is 12.5. The molecule has 5 nitrogen and oxygen atoms in total. The van der Waals surface area contributed by atoms with Crippen LogP contribution in [-0.2, 0) is 0 Å². The zero-order valence-electron chi connectivity index (χ0n) is 16.0. The number of rotatable bonds is 6. The van der Waals surface area contributed by atoms with Crippen LogP contribution in [0.15, 0.2) is 30.3 Å². The number of hydrogen-bond acceptors (Lipinski definition) is 4. The van der Waals surface area contributed by atoms with Crippen molar-refractivity contribution in [2.45, 2.75) is 27.2 Å². The fourth-order valence-electron chi connectivity index (χ4n) is 2.76. The van der Waals surface area contributed by atoms with Crippen LogP contribution in [0.5, 0.6) is 0 Å². The average Bonchev–Trinajstić information content (AvgIpc) is 3.13. The van der Waals surface area contributed by atoms with E-state index >= 15 is 0 Å². The normalized spacial score (nSPS) is 11.3. The molecule has 0 saturated heterocycles. The lowest BCUT2D eigenvalue weighted by Gasteiger charge is -2.15. The Morgan fingerprint density at radius 1 is 1.27 bits per heavy atom. The van der Waals surface area contributed by atoms with Gasteiger partial charge in [0.1, 0.15) is 10.3 Å². The van der Waals surface area contributed by atoms with Gasteiger partial charge in [-0.05, 0) is 37.5 Å². The monoisotopic (exact) mass is 370 g/mol. The minimum atomic E-state index is -0.0180. The highest BCUT2D eigenvalue weighted by atomic mass is 32.1. The molecule has 0 unspecified atom stereocenters. The third-order valence-corrected chi connectivity index (χ3v) is 5.35. The van der Waals surface area contributed by atoms with Crippen molar-refractivity contribution in [2.75, 3.05) is 25.5 Å². The van der Waals surface area contributed by atoms with Crippen molar-refractivity contribution < 1.29 is 4.79 Å². The van der Waals surface area contributed by atoms with E-state index in [-0.39, 0.29) is 5.91 Å². The molecule has 0 spiro atoms. The van der Waals surface area contributed by atoms with Crippen LogP contribution in [0.2, 0.25) is 0 Å². The van der Waals surface area contributed by atoms with Crippen LogP contribution in [-0.4, -0.2) is 36.1 Å². The van der Waals surface area contributed by atoms with Gasteiger partial charge in [0.15, 0.2) is 0 Å². The van der Waals surface area contributed by atoms with Crippen molar-refractivity contribution in [1.29, 1.82) is 0 Å². The summed E-state index contributed by atoms with van der Waals surface area (Å²) in [5.41, 5.74) is 3.12. The van der Waals surface area contributed by atoms with Gasteiger partial charge < -0.3 is 10.2 Å². The van der Waals surface area contributed by atoms with E-state index in [0.717, 1.165) is 28.4 Å². The molecule has 2 heterocycles. The van der Waals surface area contributed by atoms with Gasteiger partial charge in [-0.15, -0.1) is 11.3 Å². The summed E-state index contributed by atoms with van der Waals surface area (Å²) in [6.07, 6.45) is 0.981. The lowest BCUT2D eigenvalue weighted by molar-refractivity contribution is 0.0956. The lowest BCUT2D eigenvalue weighted by atomic mass is 10.1. The number of nitrogens with zero attached hydrogens (tertiary/aromatic N) is 3. The maximum absolute atomic E-state index is 12.5. The molecule has 3 rings (SSSR count). The van der Waals surface area contributed by atoms with Gasteiger partial charge in [-0.25, -0.2) is 4.98 Å². The summed E-state index contributed by atoms with van der Waals surface area (Å²) in [5, 5.41) is 3.01. The van der Waals surface area contributed by atoms with Crippen molar-refractivity contribution in [3.8, 4) is 5.69 Å². The zero-order chi connectivity index (χ0) is 18.8. The fraction of sp³-hybridized carbons (Fsp3) is 0.400. The summed E-state index contributed by atoms with van der Waals surface area (Å²) in [4.78, 5) is 20.9. The molecule has 26 heavy (non-hydrogen) atoms. The van der Waals surface area contributed by atoms with Crippen molar-refractivity contribution in [2.24, 2.45) is 5.92 Å².